The van der Waals surface area contributed by atoms with Crippen LogP contribution in [0.1, 0.15) is 89.6 Å². The van der Waals surface area contributed by atoms with E-state index in [1.807, 2.05) is 59.7 Å². The third-order valence-electron chi connectivity index (χ3n) is 5.96. The summed E-state index contributed by atoms with van der Waals surface area (Å²) < 4.78 is 11.2. The molecule has 1 heterocycles. The number of hydrogen-bond acceptors (Lipinski definition) is 8. The summed E-state index contributed by atoms with van der Waals surface area (Å²) in [6.07, 6.45) is 3.43. The Kier molecular flexibility index (Phi) is 9.69. The van der Waals surface area contributed by atoms with Crippen molar-refractivity contribution < 1.29 is 14.3 Å². The quantitative estimate of drug-likeness (QED) is 0.393. The molecule has 8 nitrogen and oxygen atoms in total. The fourth-order valence-electron chi connectivity index (χ4n) is 3.96. The Morgan fingerprint density at radius 1 is 1.22 bits per heavy atom. The third kappa shape index (κ3) is 8.11. The monoisotopic (exact) mass is 495 g/mol. The smallest absolute Gasteiger partial charge is 0.308 e. The lowest BCUT2D eigenvalue weighted by Crippen LogP contribution is -2.30. The highest BCUT2D eigenvalue weighted by Gasteiger charge is 2.24. The largest absolute Gasteiger partial charge is 0.496 e. The predicted molar refractivity (Wildman–Crippen MR) is 143 cm³/mol. The van der Waals surface area contributed by atoms with E-state index in [9.17, 15) is 10.1 Å². The zero-order valence-corrected chi connectivity index (χ0v) is 23.0. The van der Waals surface area contributed by atoms with Gasteiger partial charge < -0.3 is 20.5 Å². The standard InChI is InChI=1S/C28H41N5O3/c1-9-10-11-21(16-24(34)36-27(3,4)5)32-25-22(18(2)31-26(30)33-25)15-19-14-20(28(6,7)17-29)12-13-23(19)35-8/h12-14,21H,9-11,15-16H2,1-8H3,(H3,30,31,32,33). The Labute approximate surface area is 215 Å². The van der Waals surface area contributed by atoms with Crippen molar-refractivity contribution in [2.75, 3.05) is 18.2 Å². The molecule has 36 heavy (non-hydrogen) atoms. The first-order chi connectivity index (χ1) is 16.8. The molecule has 0 fully saturated rings. The van der Waals surface area contributed by atoms with Crippen molar-refractivity contribution in [3.63, 3.8) is 0 Å². The van der Waals surface area contributed by atoms with Crippen LogP contribution < -0.4 is 15.8 Å². The van der Waals surface area contributed by atoms with Crippen molar-refractivity contribution in [1.82, 2.24) is 9.97 Å². The highest BCUT2D eigenvalue weighted by atomic mass is 16.6. The van der Waals surface area contributed by atoms with Crippen LogP contribution in [0.5, 0.6) is 5.75 Å². The summed E-state index contributed by atoms with van der Waals surface area (Å²) >= 11 is 0. The van der Waals surface area contributed by atoms with E-state index < -0.39 is 11.0 Å². The number of nitriles is 1. The second kappa shape index (κ2) is 12.1. The fraction of sp³-hybridized carbons (Fsp3) is 0.571. The van der Waals surface area contributed by atoms with Gasteiger partial charge in [0.25, 0.3) is 0 Å². The maximum absolute atomic E-state index is 12.6. The number of aryl methyl sites for hydroxylation is 1. The summed E-state index contributed by atoms with van der Waals surface area (Å²) in [6, 6.07) is 7.99. The average molecular weight is 496 g/mol. The minimum Gasteiger partial charge on any atom is -0.496 e. The van der Waals surface area contributed by atoms with Gasteiger partial charge in [-0.3, -0.25) is 4.79 Å². The van der Waals surface area contributed by atoms with E-state index in [1.54, 1.807) is 7.11 Å². The van der Waals surface area contributed by atoms with Gasteiger partial charge in [-0.1, -0.05) is 31.9 Å². The number of nitrogen functional groups attached to an aromatic ring is 1. The molecule has 2 aromatic rings. The molecule has 1 aromatic carbocycles. The molecule has 1 unspecified atom stereocenters. The molecular weight excluding hydrogens is 454 g/mol. The first-order valence-electron chi connectivity index (χ1n) is 12.5. The topological polar surface area (TPSA) is 123 Å². The number of anilines is 2. The SMILES string of the molecule is CCCCC(CC(=O)OC(C)(C)C)Nc1nc(N)nc(C)c1Cc1cc(C(C)(C)C#N)ccc1OC. The van der Waals surface area contributed by atoms with Crippen molar-refractivity contribution in [3.8, 4) is 11.8 Å². The van der Waals surface area contributed by atoms with Gasteiger partial charge in [0.05, 0.1) is 25.0 Å². The molecule has 0 saturated heterocycles. The second-order valence-corrected chi connectivity index (χ2v) is 10.7. The molecule has 196 valence electrons. The molecule has 0 radical (unpaired) electrons. The number of aromatic nitrogens is 2. The number of rotatable bonds is 11. The Morgan fingerprint density at radius 3 is 2.50 bits per heavy atom. The number of esters is 1. The maximum atomic E-state index is 12.6. The number of carbonyl (C=O) groups excluding carboxylic acids is 1. The second-order valence-electron chi connectivity index (χ2n) is 10.7. The van der Waals surface area contributed by atoms with Crippen molar-refractivity contribution in [2.24, 2.45) is 0 Å². The Morgan fingerprint density at radius 2 is 1.92 bits per heavy atom. The molecule has 2 rings (SSSR count). The van der Waals surface area contributed by atoms with Gasteiger partial charge in [0.15, 0.2) is 0 Å². The van der Waals surface area contributed by atoms with Crippen molar-refractivity contribution in [3.05, 3.63) is 40.6 Å². The number of nitrogens with two attached hydrogens (primary N) is 1. The lowest BCUT2D eigenvalue weighted by Gasteiger charge is -2.25. The van der Waals surface area contributed by atoms with Crippen LogP contribution in [0, 0.1) is 18.3 Å². The summed E-state index contributed by atoms with van der Waals surface area (Å²) in [7, 11) is 1.63. The molecule has 8 heteroatoms. The fourth-order valence-corrected chi connectivity index (χ4v) is 3.96. The zero-order chi connectivity index (χ0) is 27.1. The minimum atomic E-state index is -0.645. The van der Waals surface area contributed by atoms with Crippen LogP contribution in [-0.2, 0) is 21.4 Å². The minimum absolute atomic E-state index is 0.164. The highest BCUT2D eigenvalue weighted by molar-refractivity contribution is 5.71. The van der Waals surface area contributed by atoms with E-state index in [0.717, 1.165) is 41.6 Å². The number of hydrogen-bond donors (Lipinski definition) is 2. The Balaban J connectivity index is 2.46. The van der Waals surface area contributed by atoms with Crippen LogP contribution in [0.25, 0.3) is 0 Å². The van der Waals surface area contributed by atoms with Crippen LogP contribution in [-0.4, -0.2) is 34.7 Å². The van der Waals surface area contributed by atoms with Gasteiger partial charge in [0, 0.05) is 23.7 Å². The summed E-state index contributed by atoms with van der Waals surface area (Å²) in [5.74, 6) is 1.21. The van der Waals surface area contributed by atoms with Gasteiger partial charge in [-0.05, 0) is 65.2 Å². The van der Waals surface area contributed by atoms with E-state index in [1.165, 1.54) is 0 Å². The van der Waals surface area contributed by atoms with Crippen molar-refractivity contribution >= 4 is 17.7 Å². The number of ether oxygens (including phenoxy) is 2. The van der Waals surface area contributed by atoms with E-state index >= 15 is 0 Å². The molecule has 0 saturated carbocycles. The molecule has 0 aliphatic rings. The number of nitrogens with one attached hydrogen (secondary N) is 1. The van der Waals surface area contributed by atoms with E-state index in [2.05, 4.69) is 28.3 Å². The highest BCUT2D eigenvalue weighted by Crippen LogP contribution is 2.32. The van der Waals surface area contributed by atoms with Gasteiger partial charge >= 0.3 is 5.97 Å². The Hall–Kier alpha value is -3.34. The molecule has 3 N–H and O–H groups in total. The van der Waals surface area contributed by atoms with Crippen LogP contribution in [0.4, 0.5) is 11.8 Å². The molecule has 0 amide bonds. The van der Waals surface area contributed by atoms with E-state index in [0.29, 0.717) is 18.0 Å². The number of methoxy groups -OCH3 is 1. The third-order valence-corrected chi connectivity index (χ3v) is 5.96. The van der Waals surface area contributed by atoms with Gasteiger partial charge in [0.2, 0.25) is 5.95 Å². The van der Waals surface area contributed by atoms with Crippen LogP contribution in [0.2, 0.25) is 0 Å². The molecule has 0 aliphatic carbocycles. The lowest BCUT2D eigenvalue weighted by atomic mass is 9.84. The summed E-state index contributed by atoms with van der Waals surface area (Å²) in [5, 5.41) is 13.1. The Bertz CT molecular complexity index is 1100. The summed E-state index contributed by atoms with van der Waals surface area (Å²) in [5.41, 5.74) is 8.24. The van der Waals surface area contributed by atoms with Gasteiger partial charge in [-0.15, -0.1) is 0 Å². The number of carbonyl (C=O) groups is 1. The number of nitrogens with zero attached hydrogens (tertiary/aromatic N) is 3. The predicted octanol–water partition coefficient (Wildman–Crippen LogP) is 5.47. The molecule has 0 aliphatic heterocycles. The van der Waals surface area contributed by atoms with Crippen molar-refractivity contribution in [1.29, 1.82) is 5.26 Å². The lowest BCUT2D eigenvalue weighted by molar-refractivity contribution is -0.155. The maximum Gasteiger partial charge on any atom is 0.308 e. The van der Waals surface area contributed by atoms with Crippen LogP contribution in [0.15, 0.2) is 18.2 Å². The number of unbranched alkanes of at least 4 members (excludes halogenated alkanes) is 1. The van der Waals surface area contributed by atoms with E-state index in [4.69, 9.17) is 15.2 Å². The average Bonchev–Trinajstić information content (AvgIpc) is 2.78. The molecule has 0 spiro atoms. The summed E-state index contributed by atoms with van der Waals surface area (Å²) in [6.45, 7) is 13.4. The first kappa shape index (κ1) is 28.9. The zero-order valence-electron chi connectivity index (χ0n) is 23.0. The normalized spacial score (nSPS) is 12.5. The van der Waals surface area contributed by atoms with Gasteiger partial charge in [0.1, 0.15) is 17.2 Å². The first-order valence-corrected chi connectivity index (χ1v) is 12.5. The molecule has 0 bridgehead atoms. The molecular formula is C28H41N5O3. The van der Waals surface area contributed by atoms with E-state index in [-0.39, 0.29) is 24.4 Å². The molecule has 1 aromatic heterocycles. The molecule has 1 atom stereocenters. The van der Waals surface area contributed by atoms with Crippen LogP contribution >= 0.6 is 0 Å². The van der Waals surface area contributed by atoms with Gasteiger partial charge in [-0.25, -0.2) is 4.98 Å². The van der Waals surface area contributed by atoms with Gasteiger partial charge in [-0.2, -0.15) is 10.2 Å². The van der Waals surface area contributed by atoms with Crippen LogP contribution in [0.3, 0.4) is 0 Å². The van der Waals surface area contributed by atoms with Crippen molar-refractivity contribution in [2.45, 2.75) is 97.6 Å². The number of benzene rings is 1. The summed E-state index contributed by atoms with van der Waals surface area (Å²) in [4.78, 5) is 21.5.